The lowest BCUT2D eigenvalue weighted by molar-refractivity contribution is 1.16. The first-order valence-electron chi connectivity index (χ1n) is 8.45. The van der Waals surface area contributed by atoms with Crippen molar-refractivity contribution in [2.75, 3.05) is 0 Å². The second-order valence-electron chi connectivity index (χ2n) is 6.66. The van der Waals surface area contributed by atoms with Gasteiger partial charge in [-0.3, -0.25) is 0 Å². The minimum absolute atomic E-state index is 1.07. The van der Waals surface area contributed by atoms with E-state index in [0.29, 0.717) is 0 Å². The largest absolute Gasteiger partial charge is 0.0614 e. The van der Waals surface area contributed by atoms with Gasteiger partial charge in [0, 0.05) is 0 Å². The molecule has 2 aromatic rings. The molecule has 0 radical (unpaired) electrons. The molecule has 2 aliphatic carbocycles. The van der Waals surface area contributed by atoms with Crippen molar-refractivity contribution in [3.05, 3.63) is 76.0 Å². The van der Waals surface area contributed by atoms with Crippen molar-refractivity contribution in [2.24, 2.45) is 0 Å². The van der Waals surface area contributed by atoms with Gasteiger partial charge < -0.3 is 0 Å². The van der Waals surface area contributed by atoms with E-state index in [2.05, 4.69) is 76.2 Å². The maximum atomic E-state index is 2.39. The average Bonchev–Trinajstić information content (AvgIpc) is 2.69. The zero-order valence-electron chi connectivity index (χ0n) is 14.3. The first-order chi connectivity index (χ1) is 11.1. The van der Waals surface area contributed by atoms with Crippen LogP contribution in [0.15, 0.2) is 48.5 Å². The Labute approximate surface area is 137 Å². The molecule has 0 aliphatic heterocycles. The minimum Gasteiger partial charge on any atom is -0.0614 e. The third-order valence-electron chi connectivity index (χ3n) is 5.27. The number of hydrogen-bond donors (Lipinski definition) is 0. The van der Waals surface area contributed by atoms with Crippen molar-refractivity contribution in [3.63, 3.8) is 0 Å². The van der Waals surface area contributed by atoms with Gasteiger partial charge in [-0.05, 0) is 81.8 Å². The standard InChI is InChI=1S/C23H22/c1-5-17-13-19-8-6-7-14(2)20-12-11-18-10-9-15(3)21(17)23(18)22(19)16(20)4/h6-13H,5H2,1-4H3. The van der Waals surface area contributed by atoms with Crippen molar-refractivity contribution in [1.29, 1.82) is 0 Å². The second kappa shape index (κ2) is 5.09. The zero-order valence-corrected chi connectivity index (χ0v) is 14.3. The summed E-state index contributed by atoms with van der Waals surface area (Å²) < 4.78 is 0. The second-order valence-corrected chi connectivity index (χ2v) is 6.66. The lowest BCUT2D eigenvalue weighted by atomic mass is 9.87. The molecule has 0 fully saturated rings. The fourth-order valence-electron chi connectivity index (χ4n) is 4.08. The summed E-state index contributed by atoms with van der Waals surface area (Å²) in [5, 5.41) is 6.93. The summed E-state index contributed by atoms with van der Waals surface area (Å²) >= 11 is 0. The lowest BCUT2D eigenvalue weighted by Crippen LogP contribution is -2.08. The van der Waals surface area contributed by atoms with Crippen LogP contribution >= 0.6 is 0 Å². The molecule has 4 rings (SSSR count). The summed E-state index contributed by atoms with van der Waals surface area (Å²) in [6.45, 7) is 8.98. The fraction of sp³-hybridized carbons (Fsp3) is 0.217. The number of benzene rings is 2. The molecule has 0 amide bonds. The highest BCUT2D eigenvalue weighted by molar-refractivity contribution is 6.12. The number of hydrogen-bond acceptors (Lipinski definition) is 0. The van der Waals surface area contributed by atoms with Crippen LogP contribution < -0.4 is 5.22 Å². The van der Waals surface area contributed by atoms with Gasteiger partial charge in [-0.25, -0.2) is 0 Å². The summed E-state index contributed by atoms with van der Waals surface area (Å²) in [6, 6.07) is 18.2. The van der Waals surface area contributed by atoms with Crippen LogP contribution in [-0.2, 0) is 6.42 Å². The Bertz CT molecular complexity index is 1070. The Balaban J connectivity index is 2.45. The van der Waals surface area contributed by atoms with E-state index in [1.807, 2.05) is 0 Å². The predicted octanol–water partition coefficient (Wildman–Crippen LogP) is 5.55. The molecule has 0 unspecified atom stereocenters. The minimum atomic E-state index is 1.07. The van der Waals surface area contributed by atoms with Crippen molar-refractivity contribution < 1.29 is 0 Å². The number of rotatable bonds is 1. The van der Waals surface area contributed by atoms with Gasteiger partial charge in [0.25, 0.3) is 0 Å². The molecule has 0 saturated heterocycles. The Kier molecular flexibility index (Phi) is 3.16. The zero-order chi connectivity index (χ0) is 16.1. The molecule has 2 bridgehead atoms. The van der Waals surface area contributed by atoms with Crippen LogP contribution in [0, 0.1) is 13.8 Å². The normalized spacial score (nSPS) is 12.4. The van der Waals surface area contributed by atoms with Gasteiger partial charge in [-0.2, -0.15) is 0 Å². The summed E-state index contributed by atoms with van der Waals surface area (Å²) in [7, 11) is 0. The molecule has 0 heteroatoms. The molecule has 0 atom stereocenters. The first kappa shape index (κ1) is 14.3. The van der Waals surface area contributed by atoms with Gasteiger partial charge in [0.15, 0.2) is 0 Å². The van der Waals surface area contributed by atoms with E-state index in [0.717, 1.165) is 6.42 Å². The molecule has 114 valence electrons. The average molecular weight is 298 g/mol. The summed E-state index contributed by atoms with van der Waals surface area (Å²) in [4.78, 5) is 0. The third-order valence-corrected chi connectivity index (χ3v) is 5.27. The predicted molar refractivity (Wildman–Crippen MR) is 101 cm³/mol. The Hall–Kier alpha value is -2.34. The van der Waals surface area contributed by atoms with Crippen LogP contribution in [0.3, 0.4) is 0 Å². The Morgan fingerprint density at radius 1 is 0.739 bits per heavy atom. The van der Waals surface area contributed by atoms with Gasteiger partial charge >= 0.3 is 0 Å². The van der Waals surface area contributed by atoms with E-state index in [1.54, 1.807) is 0 Å². The Morgan fingerprint density at radius 2 is 1.52 bits per heavy atom. The van der Waals surface area contributed by atoms with E-state index >= 15 is 0 Å². The monoisotopic (exact) mass is 298 g/mol. The van der Waals surface area contributed by atoms with Crippen LogP contribution in [0.25, 0.3) is 27.1 Å². The SMILES string of the molecule is CCc1cc2cccc(C)c3ccc4ccc(C)c1c4c2C=3C. The van der Waals surface area contributed by atoms with Crippen LogP contribution in [0.1, 0.15) is 36.1 Å². The molecule has 2 aromatic carbocycles. The maximum absolute atomic E-state index is 2.39. The van der Waals surface area contributed by atoms with Gasteiger partial charge in [-0.1, -0.05) is 55.5 Å². The van der Waals surface area contributed by atoms with Gasteiger partial charge in [-0.15, -0.1) is 0 Å². The van der Waals surface area contributed by atoms with E-state index in [1.165, 1.54) is 54.6 Å². The molecule has 0 aromatic heterocycles. The van der Waals surface area contributed by atoms with Crippen molar-refractivity contribution in [1.82, 2.24) is 0 Å². The van der Waals surface area contributed by atoms with Crippen molar-refractivity contribution in [3.8, 4) is 0 Å². The quantitative estimate of drug-likeness (QED) is 0.552. The molecule has 0 N–H and O–H groups in total. The van der Waals surface area contributed by atoms with Crippen LogP contribution in [0.5, 0.6) is 0 Å². The summed E-state index contributed by atoms with van der Waals surface area (Å²) in [5.41, 5.74) is 6.98. The first-order valence-corrected chi connectivity index (χ1v) is 8.45. The highest BCUT2D eigenvalue weighted by atomic mass is 14.2. The smallest absolute Gasteiger partial charge is 0.00245 e. The highest BCUT2D eigenvalue weighted by Crippen LogP contribution is 2.36. The molecule has 0 spiro atoms. The molecule has 0 heterocycles. The van der Waals surface area contributed by atoms with E-state index in [4.69, 9.17) is 0 Å². The molecule has 23 heavy (non-hydrogen) atoms. The van der Waals surface area contributed by atoms with Crippen molar-refractivity contribution >= 4 is 27.1 Å². The van der Waals surface area contributed by atoms with E-state index < -0.39 is 0 Å². The fourth-order valence-corrected chi connectivity index (χ4v) is 4.08. The highest BCUT2D eigenvalue weighted by Gasteiger charge is 2.15. The molecule has 0 nitrogen and oxygen atoms in total. The Morgan fingerprint density at radius 3 is 2.30 bits per heavy atom. The molecular weight excluding hydrogens is 276 g/mol. The summed E-state index contributed by atoms with van der Waals surface area (Å²) in [5.74, 6) is 0. The molecular formula is C23H22. The topological polar surface area (TPSA) is 0 Å². The molecule has 2 aliphatic rings. The van der Waals surface area contributed by atoms with E-state index in [9.17, 15) is 0 Å². The van der Waals surface area contributed by atoms with Crippen molar-refractivity contribution in [2.45, 2.75) is 34.1 Å². The van der Waals surface area contributed by atoms with Crippen LogP contribution in [0.2, 0.25) is 0 Å². The number of aryl methyl sites for hydroxylation is 3. The van der Waals surface area contributed by atoms with Crippen LogP contribution in [0.4, 0.5) is 0 Å². The third kappa shape index (κ3) is 1.98. The van der Waals surface area contributed by atoms with Gasteiger partial charge in [0.05, 0.1) is 0 Å². The lowest BCUT2D eigenvalue weighted by Gasteiger charge is -2.16. The van der Waals surface area contributed by atoms with Crippen LogP contribution in [-0.4, -0.2) is 0 Å². The summed E-state index contributed by atoms with van der Waals surface area (Å²) in [6.07, 6.45) is 1.07. The maximum Gasteiger partial charge on any atom is -0.00245 e. The molecule has 0 saturated carbocycles. The van der Waals surface area contributed by atoms with Gasteiger partial charge in [0.2, 0.25) is 0 Å². The van der Waals surface area contributed by atoms with Gasteiger partial charge in [0.1, 0.15) is 0 Å². The van der Waals surface area contributed by atoms with E-state index in [-0.39, 0.29) is 0 Å².